The second-order valence-corrected chi connectivity index (χ2v) is 6.74. The van der Waals surface area contributed by atoms with Crippen molar-refractivity contribution < 1.29 is 18.3 Å². The minimum atomic E-state index is -0.655. The molecule has 0 bridgehead atoms. The Morgan fingerprint density at radius 3 is 2.74 bits per heavy atom. The van der Waals surface area contributed by atoms with E-state index in [9.17, 15) is 13.6 Å². The average Bonchev–Trinajstić information content (AvgIpc) is 3.16. The Morgan fingerprint density at radius 1 is 1.22 bits per heavy atom. The molecule has 0 saturated carbocycles. The van der Waals surface area contributed by atoms with Crippen LogP contribution in [0.5, 0.6) is 5.75 Å². The average molecular weight is 388 g/mol. The molecule has 3 rings (SSSR count). The van der Waals surface area contributed by atoms with Gasteiger partial charge in [0.2, 0.25) is 0 Å². The van der Waals surface area contributed by atoms with Gasteiger partial charge in [-0.15, -0.1) is 11.3 Å². The van der Waals surface area contributed by atoms with E-state index in [1.807, 2.05) is 19.1 Å². The van der Waals surface area contributed by atoms with Gasteiger partial charge in [-0.1, -0.05) is 12.1 Å². The Morgan fingerprint density at radius 2 is 2.00 bits per heavy atom. The maximum absolute atomic E-state index is 13.8. The van der Waals surface area contributed by atoms with Crippen molar-refractivity contribution in [1.82, 2.24) is 9.88 Å². The third-order valence-electron chi connectivity index (χ3n) is 4.06. The molecule has 0 radical (unpaired) electrons. The molecule has 0 aliphatic heterocycles. The molecule has 0 spiro atoms. The third kappa shape index (κ3) is 4.31. The van der Waals surface area contributed by atoms with Gasteiger partial charge in [0.25, 0.3) is 5.91 Å². The van der Waals surface area contributed by atoms with Gasteiger partial charge >= 0.3 is 0 Å². The molecule has 1 aromatic heterocycles. The van der Waals surface area contributed by atoms with E-state index in [4.69, 9.17) is 4.74 Å². The Kier molecular flexibility index (Phi) is 5.81. The van der Waals surface area contributed by atoms with Crippen molar-refractivity contribution in [2.24, 2.45) is 0 Å². The van der Waals surface area contributed by atoms with Crippen molar-refractivity contribution in [2.75, 3.05) is 13.6 Å². The van der Waals surface area contributed by atoms with Crippen LogP contribution >= 0.6 is 11.3 Å². The summed E-state index contributed by atoms with van der Waals surface area (Å²) in [6.07, 6.45) is 0. The maximum atomic E-state index is 13.8. The summed E-state index contributed by atoms with van der Waals surface area (Å²) in [6.45, 7) is 2.44. The Bertz CT molecular complexity index is 959. The number of halogens is 2. The second kappa shape index (κ2) is 8.26. The summed E-state index contributed by atoms with van der Waals surface area (Å²) in [7, 11) is 1.72. The van der Waals surface area contributed by atoms with Crippen molar-refractivity contribution in [3.05, 3.63) is 70.7 Å². The minimum Gasteiger partial charge on any atom is -0.488 e. The molecule has 7 heteroatoms. The molecule has 0 aliphatic rings. The van der Waals surface area contributed by atoms with E-state index in [2.05, 4.69) is 4.98 Å². The molecule has 4 nitrogen and oxygen atoms in total. The zero-order chi connectivity index (χ0) is 19.4. The normalized spacial score (nSPS) is 10.7. The maximum Gasteiger partial charge on any atom is 0.273 e. The molecule has 2 aromatic carbocycles. The highest BCUT2D eigenvalue weighted by molar-refractivity contribution is 7.13. The number of carbonyl (C=O) groups excluding carboxylic acids is 1. The van der Waals surface area contributed by atoms with E-state index in [0.717, 1.165) is 6.07 Å². The fraction of sp³-hybridized carbons (Fsp3) is 0.200. The van der Waals surface area contributed by atoms with E-state index in [-0.39, 0.29) is 18.1 Å². The number of benzene rings is 2. The first-order chi connectivity index (χ1) is 13.0. The smallest absolute Gasteiger partial charge is 0.273 e. The summed E-state index contributed by atoms with van der Waals surface area (Å²) in [6, 6.07) is 10.6. The lowest BCUT2D eigenvalue weighted by Gasteiger charge is -2.12. The number of rotatable bonds is 6. The fourth-order valence-corrected chi connectivity index (χ4v) is 3.22. The van der Waals surface area contributed by atoms with Gasteiger partial charge in [-0.25, -0.2) is 13.8 Å². The lowest BCUT2D eigenvalue weighted by Crippen LogP contribution is -2.26. The highest BCUT2D eigenvalue weighted by atomic mass is 32.1. The van der Waals surface area contributed by atoms with Crippen LogP contribution in [0.15, 0.2) is 47.8 Å². The van der Waals surface area contributed by atoms with Crippen LogP contribution in [-0.2, 0) is 6.61 Å². The summed E-state index contributed by atoms with van der Waals surface area (Å²) < 4.78 is 32.6. The predicted molar refractivity (Wildman–Crippen MR) is 101 cm³/mol. The highest BCUT2D eigenvalue weighted by Gasteiger charge is 2.17. The molecule has 1 amide bonds. The monoisotopic (exact) mass is 388 g/mol. The van der Waals surface area contributed by atoms with Crippen LogP contribution in [0.2, 0.25) is 0 Å². The van der Waals surface area contributed by atoms with Gasteiger partial charge in [-0.3, -0.25) is 4.79 Å². The standard InChI is InChI=1S/C20H18F2N2O2S/c1-3-24(2)20(25)17-12-27-19(23-17)15-6-4-5-7-18(15)26-11-13-8-9-14(21)10-16(13)22/h4-10,12H,3,11H2,1-2H3. The molecule has 1 heterocycles. The number of amides is 1. The molecular weight excluding hydrogens is 370 g/mol. The lowest BCUT2D eigenvalue weighted by atomic mass is 10.2. The molecule has 0 saturated heterocycles. The molecule has 140 valence electrons. The number of hydrogen-bond donors (Lipinski definition) is 0. The van der Waals surface area contributed by atoms with Crippen molar-refractivity contribution in [2.45, 2.75) is 13.5 Å². The van der Waals surface area contributed by atoms with Crippen molar-refractivity contribution >= 4 is 17.2 Å². The van der Waals surface area contributed by atoms with Crippen LogP contribution in [0, 0.1) is 11.6 Å². The number of thiazole rings is 1. The molecule has 0 atom stereocenters. The molecule has 0 aliphatic carbocycles. The van der Waals surface area contributed by atoms with Gasteiger partial charge in [0.1, 0.15) is 34.7 Å². The number of carbonyl (C=O) groups is 1. The summed E-state index contributed by atoms with van der Waals surface area (Å²) >= 11 is 1.34. The van der Waals surface area contributed by atoms with Crippen molar-refractivity contribution in [3.63, 3.8) is 0 Å². The van der Waals surface area contributed by atoms with Gasteiger partial charge in [0.15, 0.2) is 0 Å². The van der Waals surface area contributed by atoms with Crippen molar-refractivity contribution in [3.8, 4) is 16.3 Å². The Labute approximate surface area is 160 Å². The SMILES string of the molecule is CCN(C)C(=O)c1csc(-c2ccccc2OCc2ccc(F)cc2F)n1. The number of hydrogen-bond acceptors (Lipinski definition) is 4. The van der Waals surface area contributed by atoms with Gasteiger partial charge in [-0.2, -0.15) is 0 Å². The van der Waals surface area contributed by atoms with Gasteiger partial charge < -0.3 is 9.64 Å². The first-order valence-corrected chi connectivity index (χ1v) is 9.24. The van der Waals surface area contributed by atoms with Crippen LogP contribution in [0.1, 0.15) is 23.0 Å². The molecule has 0 fully saturated rings. The Hall–Kier alpha value is -2.80. The summed E-state index contributed by atoms with van der Waals surface area (Å²) in [5.74, 6) is -0.920. The van der Waals surface area contributed by atoms with Gasteiger partial charge in [-0.05, 0) is 31.2 Å². The van der Waals surface area contributed by atoms with Crippen LogP contribution in [0.4, 0.5) is 8.78 Å². The van der Waals surface area contributed by atoms with Crippen LogP contribution < -0.4 is 4.74 Å². The zero-order valence-corrected chi connectivity index (χ0v) is 15.7. The molecule has 3 aromatic rings. The topological polar surface area (TPSA) is 42.4 Å². The zero-order valence-electron chi connectivity index (χ0n) is 14.9. The van der Waals surface area contributed by atoms with Gasteiger partial charge in [0, 0.05) is 30.6 Å². The number of aromatic nitrogens is 1. The fourth-order valence-electron chi connectivity index (χ4n) is 2.40. The van der Waals surface area contributed by atoms with E-state index in [0.29, 0.717) is 28.6 Å². The first kappa shape index (κ1) is 19.0. The molecule has 0 unspecified atom stereocenters. The van der Waals surface area contributed by atoms with Gasteiger partial charge in [0.05, 0.1) is 5.56 Å². The van der Waals surface area contributed by atoms with Crippen LogP contribution in [0.3, 0.4) is 0 Å². The summed E-state index contributed by atoms with van der Waals surface area (Å²) in [4.78, 5) is 18.2. The minimum absolute atomic E-state index is 0.0428. The van der Waals surface area contributed by atoms with E-state index in [1.54, 1.807) is 29.5 Å². The Balaban J connectivity index is 1.82. The summed E-state index contributed by atoms with van der Waals surface area (Å²) in [5.41, 5.74) is 1.34. The third-order valence-corrected chi connectivity index (χ3v) is 4.94. The van der Waals surface area contributed by atoms with E-state index < -0.39 is 11.6 Å². The molecular formula is C20H18F2N2O2S. The van der Waals surface area contributed by atoms with Crippen molar-refractivity contribution in [1.29, 1.82) is 0 Å². The lowest BCUT2D eigenvalue weighted by molar-refractivity contribution is 0.0797. The van der Waals surface area contributed by atoms with E-state index in [1.165, 1.54) is 23.5 Å². The number of para-hydroxylation sites is 1. The second-order valence-electron chi connectivity index (χ2n) is 5.88. The van der Waals surface area contributed by atoms with E-state index >= 15 is 0 Å². The quantitative estimate of drug-likeness (QED) is 0.611. The predicted octanol–water partition coefficient (Wildman–Crippen LogP) is 4.76. The number of ether oxygens (including phenoxy) is 1. The number of nitrogens with zero attached hydrogens (tertiary/aromatic N) is 2. The van der Waals surface area contributed by atoms with Crippen LogP contribution in [-0.4, -0.2) is 29.4 Å². The first-order valence-electron chi connectivity index (χ1n) is 8.36. The largest absolute Gasteiger partial charge is 0.488 e. The molecule has 0 N–H and O–H groups in total. The molecule has 27 heavy (non-hydrogen) atoms. The summed E-state index contributed by atoms with van der Waals surface area (Å²) in [5, 5.41) is 2.35. The van der Waals surface area contributed by atoms with Crippen LogP contribution in [0.25, 0.3) is 10.6 Å². The highest BCUT2D eigenvalue weighted by Crippen LogP contribution is 2.33.